The van der Waals surface area contributed by atoms with Crippen LogP contribution in [0.2, 0.25) is 0 Å². The summed E-state index contributed by atoms with van der Waals surface area (Å²) in [5, 5.41) is 0. The van der Waals surface area contributed by atoms with E-state index in [9.17, 15) is 9.59 Å². The summed E-state index contributed by atoms with van der Waals surface area (Å²) < 4.78 is 15.2. The number of hydrogen-bond acceptors (Lipinski definition) is 5. The van der Waals surface area contributed by atoms with Crippen LogP contribution in [0.4, 0.5) is 0 Å². The third-order valence-electron chi connectivity index (χ3n) is 3.07. The van der Waals surface area contributed by atoms with E-state index in [1.807, 2.05) is 0 Å². The first-order valence-corrected chi connectivity index (χ1v) is 7.58. The minimum Gasteiger partial charge on any atom is -0.491 e. The molecule has 0 aromatic heterocycles. The molecule has 0 bridgehead atoms. The van der Waals surface area contributed by atoms with Crippen molar-refractivity contribution in [3.8, 4) is 5.75 Å². The first kappa shape index (κ1) is 18.2. The summed E-state index contributed by atoms with van der Waals surface area (Å²) in [6.07, 6.45) is 2.16. The van der Waals surface area contributed by atoms with Gasteiger partial charge in [0.05, 0.1) is 13.2 Å². The predicted molar refractivity (Wildman–Crippen MR) is 83.2 cm³/mol. The molecule has 1 rings (SSSR count). The zero-order valence-corrected chi connectivity index (χ0v) is 13.3. The lowest BCUT2D eigenvalue weighted by molar-refractivity contribution is -0.143. The Morgan fingerprint density at radius 1 is 1.00 bits per heavy atom. The second kappa shape index (κ2) is 10.8. The van der Waals surface area contributed by atoms with E-state index in [4.69, 9.17) is 14.2 Å². The Hall–Kier alpha value is -1.88. The fourth-order valence-electron chi connectivity index (χ4n) is 1.91. The van der Waals surface area contributed by atoms with Crippen LogP contribution < -0.4 is 4.74 Å². The van der Waals surface area contributed by atoms with E-state index >= 15 is 0 Å². The lowest BCUT2D eigenvalue weighted by atomic mass is 10.0. The van der Waals surface area contributed by atoms with Crippen molar-refractivity contribution in [1.82, 2.24) is 0 Å². The van der Waals surface area contributed by atoms with Crippen molar-refractivity contribution >= 4 is 11.8 Å². The van der Waals surface area contributed by atoms with Crippen LogP contribution in [0, 0.1) is 0 Å². The Balaban J connectivity index is 2.29. The van der Waals surface area contributed by atoms with Crippen molar-refractivity contribution in [3.63, 3.8) is 0 Å². The van der Waals surface area contributed by atoms with Crippen LogP contribution in [0.1, 0.15) is 43.0 Å². The van der Waals surface area contributed by atoms with Crippen LogP contribution in [0.5, 0.6) is 5.75 Å². The van der Waals surface area contributed by atoms with E-state index in [0.29, 0.717) is 51.1 Å². The molecule has 5 heteroatoms. The fraction of sp³-hybridized carbons (Fsp3) is 0.529. The maximum absolute atomic E-state index is 12.0. The molecule has 0 radical (unpaired) electrons. The van der Waals surface area contributed by atoms with E-state index in [-0.39, 0.29) is 11.8 Å². The molecule has 0 fully saturated rings. The molecule has 122 valence electrons. The van der Waals surface area contributed by atoms with E-state index in [0.717, 1.165) is 5.75 Å². The third-order valence-corrected chi connectivity index (χ3v) is 3.07. The minimum absolute atomic E-state index is 0.0762. The largest absolute Gasteiger partial charge is 0.491 e. The van der Waals surface area contributed by atoms with Crippen molar-refractivity contribution in [2.75, 3.05) is 26.9 Å². The summed E-state index contributed by atoms with van der Waals surface area (Å²) in [5.41, 5.74) is 0.662. The van der Waals surface area contributed by atoms with Crippen LogP contribution >= 0.6 is 0 Å². The van der Waals surface area contributed by atoms with Gasteiger partial charge in [-0.25, -0.2) is 0 Å². The lowest BCUT2D eigenvalue weighted by Crippen LogP contribution is -2.05. The molecular formula is C17H24O5. The van der Waals surface area contributed by atoms with Gasteiger partial charge in [-0.1, -0.05) is 0 Å². The number of carbonyl (C=O) groups is 2. The monoisotopic (exact) mass is 308 g/mol. The lowest BCUT2D eigenvalue weighted by Gasteiger charge is -2.06. The summed E-state index contributed by atoms with van der Waals surface area (Å²) in [5.74, 6) is 0.593. The van der Waals surface area contributed by atoms with Crippen LogP contribution in [0.3, 0.4) is 0 Å². The Bertz CT molecular complexity index is 453. The van der Waals surface area contributed by atoms with Gasteiger partial charge in [-0.05, 0) is 44.0 Å². The summed E-state index contributed by atoms with van der Waals surface area (Å²) in [6.45, 7) is 3.19. The van der Waals surface area contributed by atoms with Crippen LogP contribution in [0.15, 0.2) is 24.3 Å². The number of methoxy groups -OCH3 is 1. The Kier molecular flexibility index (Phi) is 8.91. The zero-order chi connectivity index (χ0) is 16.2. The molecule has 22 heavy (non-hydrogen) atoms. The minimum atomic E-state index is -0.201. The van der Waals surface area contributed by atoms with Gasteiger partial charge in [0.25, 0.3) is 0 Å². The van der Waals surface area contributed by atoms with Crippen molar-refractivity contribution in [2.24, 2.45) is 0 Å². The number of unbranched alkanes of at least 4 members (excludes halogenated alkanes) is 1. The number of hydrogen-bond donors (Lipinski definition) is 0. The Morgan fingerprint density at radius 2 is 1.68 bits per heavy atom. The molecule has 0 atom stereocenters. The molecule has 0 unspecified atom stereocenters. The average molecular weight is 308 g/mol. The number of esters is 1. The van der Waals surface area contributed by atoms with E-state index in [1.165, 1.54) is 0 Å². The maximum atomic E-state index is 12.0. The van der Waals surface area contributed by atoms with E-state index in [2.05, 4.69) is 0 Å². The summed E-state index contributed by atoms with van der Waals surface area (Å²) in [4.78, 5) is 23.2. The SMILES string of the molecule is CCOC(=O)CCCCC(=O)c1ccc(OCCOC)cc1. The molecule has 0 aliphatic carbocycles. The molecule has 0 saturated carbocycles. The smallest absolute Gasteiger partial charge is 0.305 e. The first-order chi connectivity index (χ1) is 10.7. The van der Waals surface area contributed by atoms with Crippen LogP contribution in [-0.2, 0) is 14.3 Å². The molecule has 0 heterocycles. The quantitative estimate of drug-likeness (QED) is 0.357. The van der Waals surface area contributed by atoms with Gasteiger partial charge in [-0.3, -0.25) is 9.59 Å². The van der Waals surface area contributed by atoms with Gasteiger partial charge < -0.3 is 14.2 Å². The van der Waals surface area contributed by atoms with Crippen molar-refractivity contribution in [1.29, 1.82) is 0 Å². The highest BCUT2D eigenvalue weighted by molar-refractivity contribution is 5.96. The summed E-state index contributed by atoms with van der Waals surface area (Å²) >= 11 is 0. The highest BCUT2D eigenvalue weighted by Gasteiger charge is 2.07. The molecular weight excluding hydrogens is 284 g/mol. The second-order valence-corrected chi connectivity index (χ2v) is 4.80. The van der Waals surface area contributed by atoms with Gasteiger partial charge in [0, 0.05) is 25.5 Å². The van der Waals surface area contributed by atoms with Crippen LogP contribution in [0.25, 0.3) is 0 Å². The number of ether oxygens (including phenoxy) is 3. The van der Waals surface area contributed by atoms with Gasteiger partial charge in [0.15, 0.2) is 5.78 Å². The predicted octanol–water partition coefficient (Wildman–Crippen LogP) is 3.02. The molecule has 0 amide bonds. The summed E-state index contributed by atoms with van der Waals surface area (Å²) in [7, 11) is 1.62. The highest BCUT2D eigenvalue weighted by Crippen LogP contribution is 2.15. The molecule has 0 saturated heterocycles. The van der Waals surface area contributed by atoms with Crippen LogP contribution in [-0.4, -0.2) is 38.7 Å². The second-order valence-electron chi connectivity index (χ2n) is 4.80. The normalized spacial score (nSPS) is 10.3. The van der Waals surface area contributed by atoms with Gasteiger partial charge in [0.1, 0.15) is 12.4 Å². The van der Waals surface area contributed by atoms with Crippen molar-refractivity contribution < 1.29 is 23.8 Å². The third kappa shape index (κ3) is 7.22. The first-order valence-electron chi connectivity index (χ1n) is 7.58. The van der Waals surface area contributed by atoms with Crippen molar-refractivity contribution in [2.45, 2.75) is 32.6 Å². The van der Waals surface area contributed by atoms with Gasteiger partial charge >= 0.3 is 5.97 Å². The average Bonchev–Trinajstić information content (AvgIpc) is 2.52. The van der Waals surface area contributed by atoms with Gasteiger partial charge in [-0.2, -0.15) is 0 Å². The van der Waals surface area contributed by atoms with E-state index < -0.39 is 0 Å². The number of benzene rings is 1. The fourth-order valence-corrected chi connectivity index (χ4v) is 1.91. The maximum Gasteiger partial charge on any atom is 0.305 e. The molecule has 1 aromatic carbocycles. The molecule has 0 aliphatic rings. The molecule has 0 aliphatic heterocycles. The zero-order valence-electron chi connectivity index (χ0n) is 13.3. The summed E-state index contributed by atoms with van der Waals surface area (Å²) in [6, 6.07) is 7.08. The van der Waals surface area contributed by atoms with Crippen molar-refractivity contribution in [3.05, 3.63) is 29.8 Å². The highest BCUT2D eigenvalue weighted by atomic mass is 16.5. The van der Waals surface area contributed by atoms with E-state index in [1.54, 1.807) is 38.3 Å². The number of rotatable bonds is 11. The molecule has 0 N–H and O–H groups in total. The van der Waals surface area contributed by atoms with Gasteiger partial charge in [0.2, 0.25) is 0 Å². The number of carbonyl (C=O) groups excluding carboxylic acids is 2. The molecule has 0 spiro atoms. The standard InChI is InChI=1S/C17H24O5/c1-3-21-17(19)7-5-4-6-16(18)14-8-10-15(11-9-14)22-13-12-20-2/h8-11H,3-7,12-13H2,1-2H3. The molecule has 5 nitrogen and oxygen atoms in total. The number of Topliss-reactive ketones (excluding diaryl/α,β-unsaturated/α-hetero) is 1. The Morgan fingerprint density at radius 3 is 2.32 bits per heavy atom. The molecule has 1 aromatic rings. The topological polar surface area (TPSA) is 61.8 Å². The number of ketones is 1. The van der Waals surface area contributed by atoms with Gasteiger partial charge in [-0.15, -0.1) is 0 Å². The Labute approximate surface area is 131 Å².